The van der Waals surface area contributed by atoms with E-state index >= 15 is 0 Å². The molecule has 0 saturated carbocycles. The SMILES string of the molecule is O=C(c1cc2c3c(cc(OCc4ccccc4)c2[nH]1)NC[C@H]3CCl)N1CCOCC1. The van der Waals surface area contributed by atoms with Crippen LogP contribution in [-0.4, -0.2) is 54.5 Å². The molecule has 2 aliphatic rings. The molecule has 1 amide bonds. The molecule has 0 unspecified atom stereocenters. The number of nitrogens with one attached hydrogen (secondary N) is 2. The summed E-state index contributed by atoms with van der Waals surface area (Å²) in [6, 6.07) is 14.0. The Kier molecular flexibility index (Phi) is 5.27. The number of hydrogen-bond acceptors (Lipinski definition) is 4. The van der Waals surface area contributed by atoms with Crippen LogP contribution in [0, 0.1) is 0 Å². The Morgan fingerprint density at radius 3 is 2.77 bits per heavy atom. The number of amides is 1. The zero-order chi connectivity index (χ0) is 20.5. The average molecular weight is 426 g/mol. The first-order chi connectivity index (χ1) is 14.7. The number of H-pyrrole nitrogens is 1. The summed E-state index contributed by atoms with van der Waals surface area (Å²) in [5, 5.41) is 4.45. The van der Waals surface area contributed by atoms with Crippen LogP contribution in [0.25, 0.3) is 10.9 Å². The molecular weight excluding hydrogens is 402 g/mol. The lowest BCUT2D eigenvalue weighted by atomic mass is 9.98. The normalized spacial score (nSPS) is 18.3. The van der Waals surface area contributed by atoms with Crippen LogP contribution in [0.1, 0.15) is 27.5 Å². The molecule has 3 aromatic rings. The van der Waals surface area contributed by atoms with Crippen molar-refractivity contribution < 1.29 is 14.3 Å². The molecule has 0 aliphatic carbocycles. The zero-order valence-electron chi connectivity index (χ0n) is 16.6. The number of nitrogens with zero attached hydrogens (tertiary/aromatic N) is 1. The van der Waals surface area contributed by atoms with E-state index in [0.29, 0.717) is 44.5 Å². The van der Waals surface area contributed by atoms with Crippen molar-refractivity contribution in [1.29, 1.82) is 0 Å². The van der Waals surface area contributed by atoms with Crippen LogP contribution < -0.4 is 10.1 Å². The Morgan fingerprint density at radius 2 is 2.00 bits per heavy atom. The van der Waals surface area contributed by atoms with Crippen molar-refractivity contribution in [3.05, 3.63) is 59.3 Å². The van der Waals surface area contributed by atoms with Crippen molar-refractivity contribution in [3.63, 3.8) is 0 Å². The standard InChI is InChI=1S/C23H24ClN3O3/c24-12-16-13-25-18-11-20(30-14-15-4-2-1-3-5-15)22-17(21(16)18)10-19(26-22)23(28)27-6-8-29-9-7-27/h1-5,10-11,16,25-26H,6-9,12-14H2/t16-/m1/s1. The number of ether oxygens (including phenoxy) is 2. The Labute approximate surface area is 180 Å². The first-order valence-corrected chi connectivity index (χ1v) is 10.8. The molecule has 6 nitrogen and oxygen atoms in total. The van der Waals surface area contributed by atoms with E-state index in [2.05, 4.69) is 10.3 Å². The fourth-order valence-corrected chi connectivity index (χ4v) is 4.51. The van der Waals surface area contributed by atoms with Gasteiger partial charge in [-0.2, -0.15) is 0 Å². The molecule has 0 radical (unpaired) electrons. The molecular formula is C23H24ClN3O3. The summed E-state index contributed by atoms with van der Waals surface area (Å²) in [6.45, 7) is 3.61. The molecule has 156 valence electrons. The van der Waals surface area contributed by atoms with Gasteiger partial charge in [0.2, 0.25) is 0 Å². The molecule has 2 aliphatic heterocycles. The predicted molar refractivity (Wildman–Crippen MR) is 118 cm³/mol. The second-order valence-corrected chi connectivity index (χ2v) is 8.03. The van der Waals surface area contributed by atoms with Crippen LogP contribution in [-0.2, 0) is 11.3 Å². The van der Waals surface area contributed by atoms with Crippen LogP contribution in [0.3, 0.4) is 0 Å². The summed E-state index contributed by atoms with van der Waals surface area (Å²) in [5.41, 5.74) is 4.70. The summed E-state index contributed by atoms with van der Waals surface area (Å²) >= 11 is 6.24. The Hall–Kier alpha value is -2.70. The lowest BCUT2D eigenvalue weighted by Gasteiger charge is -2.26. The Morgan fingerprint density at radius 1 is 1.20 bits per heavy atom. The van der Waals surface area contributed by atoms with E-state index in [9.17, 15) is 4.79 Å². The number of benzene rings is 2. The Balaban J connectivity index is 1.54. The monoisotopic (exact) mass is 425 g/mol. The molecule has 2 N–H and O–H groups in total. The topological polar surface area (TPSA) is 66.6 Å². The fraction of sp³-hybridized carbons (Fsp3) is 0.348. The van der Waals surface area contributed by atoms with Crippen LogP contribution in [0.4, 0.5) is 5.69 Å². The van der Waals surface area contributed by atoms with Gasteiger partial charge in [0.05, 0.1) is 18.7 Å². The van der Waals surface area contributed by atoms with Crippen molar-refractivity contribution in [2.24, 2.45) is 0 Å². The summed E-state index contributed by atoms with van der Waals surface area (Å²) in [4.78, 5) is 18.2. The Bertz CT molecular complexity index is 1060. The number of carbonyl (C=O) groups excluding carboxylic acids is 1. The molecule has 1 aromatic heterocycles. The van der Waals surface area contributed by atoms with Gasteiger partial charge < -0.3 is 24.7 Å². The summed E-state index contributed by atoms with van der Waals surface area (Å²) < 4.78 is 11.6. The maximum Gasteiger partial charge on any atom is 0.270 e. The first kappa shape index (κ1) is 19.3. The van der Waals surface area contributed by atoms with E-state index in [-0.39, 0.29) is 11.8 Å². The quantitative estimate of drug-likeness (QED) is 0.607. The molecule has 1 saturated heterocycles. The van der Waals surface area contributed by atoms with Gasteiger partial charge in [-0.3, -0.25) is 4.79 Å². The van der Waals surface area contributed by atoms with Crippen LogP contribution in [0.15, 0.2) is 42.5 Å². The van der Waals surface area contributed by atoms with Crippen molar-refractivity contribution in [2.45, 2.75) is 12.5 Å². The minimum absolute atomic E-state index is 0.00867. The van der Waals surface area contributed by atoms with Gasteiger partial charge in [-0.05, 0) is 17.2 Å². The molecule has 5 rings (SSSR count). The number of rotatable bonds is 5. The van der Waals surface area contributed by atoms with Crippen LogP contribution in [0.2, 0.25) is 0 Å². The van der Waals surface area contributed by atoms with Crippen molar-refractivity contribution >= 4 is 34.1 Å². The molecule has 3 heterocycles. The molecule has 2 aromatic carbocycles. The third-order valence-electron chi connectivity index (χ3n) is 5.82. The number of morpholine rings is 1. The van der Waals surface area contributed by atoms with Crippen LogP contribution in [0.5, 0.6) is 5.75 Å². The maximum atomic E-state index is 13.1. The van der Waals surface area contributed by atoms with E-state index in [1.54, 1.807) is 0 Å². The highest BCUT2D eigenvalue weighted by Crippen LogP contribution is 2.43. The van der Waals surface area contributed by atoms with E-state index in [1.165, 1.54) is 0 Å². The number of fused-ring (bicyclic) bond motifs is 3. The molecule has 0 spiro atoms. The third-order valence-corrected chi connectivity index (χ3v) is 6.19. The number of halogens is 1. The number of aromatic nitrogens is 1. The molecule has 30 heavy (non-hydrogen) atoms. The predicted octanol–water partition coefficient (Wildman–Crippen LogP) is 3.97. The van der Waals surface area contributed by atoms with E-state index in [4.69, 9.17) is 21.1 Å². The van der Waals surface area contributed by atoms with E-state index < -0.39 is 0 Å². The minimum Gasteiger partial charge on any atom is -0.487 e. The molecule has 1 fully saturated rings. The molecule has 1 atom stereocenters. The van der Waals surface area contributed by atoms with Crippen molar-refractivity contribution in [1.82, 2.24) is 9.88 Å². The van der Waals surface area contributed by atoms with E-state index in [0.717, 1.165) is 40.0 Å². The van der Waals surface area contributed by atoms with Gasteiger partial charge in [0.1, 0.15) is 18.1 Å². The highest BCUT2D eigenvalue weighted by molar-refractivity contribution is 6.18. The van der Waals surface area contributed by atoms with E-state index in [1.807, 2.05) is 47.4 Å². The van der Waals surface area contributed by atoms with Gasteiger partial charge in [-0.25, -0.2) is 0 Å². The average Bonchev–Trinajstić information content (AvgIpc) is 3.42. The third kappa shape index (κ3) is 3.50. The zero-order valence-corrected chi connectivity index (χ0v) is 17.4. The van der Waals surface area contributed by atoms with Crippen molar-refractivity contribution in [3.8, 4) is 5.75 Å². The first-order valence-electron chi connectivity index (χ1n) is 10.3. The van der Waals surface area contributed by atoms with Gasteiger partial charge in [0.15, 0.2) is 0 Å². The van der Waals surface area contributed by atoms with Gasteiger partial charge in [-0.15, -0.1) is 11.6 Å². The molecule has 0 bridgehead atoms. The largest absolute Gasteiger partial charge is 0.487 e. The smallest absolute Gasteiger partial charge is 0.270 e. The summed E-state index contributed by atoms with van der Waals surface area (Å²) in [6.07, 6.45) is 0. The number of carbonyl (C=O) groups is 1. The van der Waals surface area contributed by atoms with Gasteiger partial charge in [0, 0.05) is 48.6 Å². The molecule has 7 heteroatoms. The van der Waals surface area contributed by atoms with Crippen LogP contribution >= 0.6 is 11.6 Å². The summed E-state index contributed by atoms with van der Waals surface area (Å²) in [5.74, 6) is 1.45. The number of alkyl halides is 1. The summed E-state index contributed by atoms with van der Waals surface area (Å²) in [7, 11) is 0. The lowest BCUT2D eigenvalue weighted by molar-refractivity contribution is 0.0299. The highest BCUT2D eigenvalue weighted by atomic mass is 35.5. The number of anilines is 1. The maximum absolute atomic E-state index is 13.1. The highest BCUT2D eigenvalue weighted by Gasteiger charge is 2.29. The second kappa shape index (κ2) is 8.20. The minimum atomic E-state index is -0.00867. The van der Waals surface area contributed by atoms with Crippen molar-refractivity contribution in [2.75, 3.05) is 44.0 Å². The number of hydrogen-bond donors (Lipinski definition) is 2. The lowest BCUT2D eigenvalue weighted by Crippen LogP contribution is -2.40. The van der Waals surface area contributed by atoms with Gasteiger partial charge in [0.25, 0.3) is 5.91 Å². The fourth-order valence-electron chi connectivity index (χ4n) is 4.24. The second-order valence-electron chi connectivity index (χ2n) is 7.72. The van der Waals surface area contributed by atoms with Gasteiger partial charge >= 0.3 is 0 Å². The number of aromatic amines is 1. The van der Waals surface area contributed by atoms with Gasteiger partial charge in [-0.1, -0.05) is 30.3 Å².